The standard InChI is InChI=1S/C20H28N2O4S/c1-5-14-25-18(23)19(24)26-21-17(15-8-10-16(27-4)11-9-15)20(2,3)22-12-6-7-13-22/h8-11H,5-7,12-14H2,1-4H3. The number of esters is 1. The lowest BCUT2D eigenvalue weighted by molar-refractivity contribution is -0.167. The van der Waals surface area contributed by atoms with Gasteiger partial charge in [0.15, 0.2) is 0 Å². The first kappa shape index (κ1) is 21.4. The number of carbonyl (C=O) groups is 2. The normalized spacial score (nSPS) is 15.6. The smallest absolute Gasteiger partial charge is 0.443 e. The zero-order valence-corrected chi connectivity index (χ0v) is 17.3. The molecule has 0 atom stereocenters. The van der Waals surface area contributed by atoms with Crippen LogP contribution in [0.3, 0.4) is 0 Å². The van der Waals surface area contributed by atoms with E-state index in [0.29, 0.717) is 12.1 Å². The van der Waals surface area contributed by atoms with Crippen molar-refractivity contribution < 1.29 is 19.2 Å². The molecule has 1 heterocycles. The van der Waals surface area contributed by atoms with Crippen molar-refractivity contribution in [1.29, 1.82) is 0 Å². The molecule has 27 heavy (non-hydrogen) atoms. The molecule has 1 aliphatic rings. The molecule has 7 heteroatoms. The lowest BCUT2D eigenvalue weighted by atomic mass is 9.90. The highest BCUT2D eigenvalue weighted by molar-refractivity contribution is 7.98. The number of hydrogen-bond donors (Lipinski definition) is 0. The topological polar surface area (TPSA) is 68.2 Å². The third kappa shape index (κ3) is 5.56. The Hall–Kier alpha value is -1.86. The predicted molar refractivity (Wildman–Crippen MR) is 107 cm³/mol. The number of rotatable bonds is 7. The van der Waals surface area contributed by atoms with Crippen LogP contribution in [0.15, 0.2) is 34.3 Å². The molecular formula is C20H28N2O4S. The van der Waals surface area contributed by atoms with Crippen molar-refractivity contribution in [2.24, 2.45) is 5.16 Å². The predicted octanol–water partition coefficient (Wildman–Crippen LogP) is 3.48. The van der Waals surface area contributed by atoms with Gasteiger partial charge in [0.05, 0.1) is 12.1 Å². The fourth-order valence-corrected chi connectivity index (χ4v) is 3.48. The number of hydrogen-bond acceptors (Lipinski definition) is 7. The number of benzene rings is 1. The second-order valence-corrected chi connectivity index (χ2v) is 7.82. The van der Waals surface area contributed by atoms with E-state index < -0.39 is 17.5 Å². The maximum absolute atomic E-state index is 11.9. The van der Waals surface area contributed by atoms with Crippen LogP contribution < -0.4 is 0 Å². The van der Waals surface area contributed by atoms with E-state index in [2.05, 4.69) is 23.9 Å². The van der Waals surface area contributed by atoms with Gasteiger partial charge in [-0.2, -0.15) is 0 Å². The molecule has 2 rings (SSSR count). The Bertz CT molecular complexity index is 680. The average molecular weight is 393 g/mol. The highest BCUT2D eigenvalue weighted by atomic mass is 32.2. The van der Waals surface area contributed by atoms with Crippen molar-refractivity contribution in [2.75, 3.05) is 26.0 Å². The molecule has 148 valence electrons. The first-order valence-electron chi connectivity index (χ1n) is 9.26. The third-order valence-corrected chi connectivity index (χ3v) is 5.41. The Morgan fingerprint density at radius 2 is 1.78 bits per heavy atom. The van der Waals surface area contributed by atoms with Crippen LogP contribution in [0.25, 0.3) is 0 Å². The number of oxime groups is 1. The van der Waals surface area contributed by atoms with E-state index in [0.717, 1.165) is 36.4 Å². The summed E-state index contributed by atoms with van der Waals surface area (Å²) in [6.45, 7) is 8.07. The summed E-state index contributed by atoms with van der Waals surface area (Å²) < 4.78 is 4.81. The van der Waals surface area contributed by atoms with Gasteiger partial charge in [-0.3, -0.25) is 4.90 Å². The Balaban J connectivity index is 2.28. The highest BCUT2D eigenvalue weighted by Crippen LogP contribution is 2.27. The van der Waals surface area contributed by atoms with Gasteiger partial charge in [-0.1, -0.05) is 24.2 Å². The van der Waals surface area contributed by atoms with E-state index in [1.807, 2.05) is 37.4 Å². The lowest BCUT2D eigenvalue weighted by Gasteiger charge is -2.36. The minimum absolute atomic E-state index is 0.180. The van der Waals surface area contributed by atoms with Crippen LogP contribution >= 0.6 is 11.8 Å². The Kier molecular flexibility index (Phi) is 7.86. The van der Waals surface area contributed by atoms with E-state index in [9.17, 15) is 9.59 Å². The average Bonchev–Trinajstić information content (AvgIpc) is 3.22. The van der Waals surface area contributed by atoms with Crippen LogP contribution in [0.1, 0.15) is 45.6 Å². The molecule has 1 aliphatic heterocycles. The second-order valence-electron chi connectivity index (χ2n) is 6.94. The van der Waals surface area contributed by atoms with E-state index in [4.69, 9.17) is 9.57 Å². The van der Waals surface area contributed by atoms with Crippen molar-refractivity contribution in [1.82, 2.24) is 4.90 Å². The van der Waals surface area contributed by atoms with Gasteiger partial charge in [-0.15, -0.1) is 11.8 Å². The molecule has 0 saturated carbocycles. The van der Waals surface area contributed by atoms with Crippen LogP contribution in [0, 0.1) is 0 Å². The molecule has 0 amide bonds. The first-order valence-corrected chi connectivity index (χ1v) is 10.5. The van der Waals surface area contributed by atoms with Gasteiger partial charge < -0.3 is 9.57 Å². The SMILES string of the molecule is CCCOC(=O)C(=O)ON=C(c1ccc(SC)cc1)C(C)(C)N1CCCC1. The Morgan fingerprint density at radius 3 is 2.33 bits per heavy atom. The monoisotopic (exact) mass is 392 g/mol. The summed E-state index contributed by atoms with van der Waals surface area (Å²) in [6.07, 6.45) is 4.91. The van der Waals surface area contributed by atoms with Gasteiger partial charge in [0.25, 0.3) is 0 Å². The van der Waals surface area contributed by atoms with Crippen LogP contribution in [0.4, 0.5) is 0 Å². The summed E-state index contributed by atoms with van der Waals surface area (Å²) in [5.74, 6) is -2.12. The molecule has 0 radical (unpaired) electrons. The zero-order chi connectivity index (χ0) is 19.9. The van der Waals surface area contributed by atoms with Gasteiger partial charge in [0, 0.05) is 10.5 Å². The molecule has 0 aromatic heterocycles. The number of thioether (sulfide) groups is 1. The van der Waals surface area contributed by atoms with E-state index in [1.165, 1.54) is 0 Å². The fraction of sp³-hybridized carbons (Fsp3) is 0.550. The zero-order valence-electron chi connectivity index (χ0n) is 16.5. The van der Waals surface area contributed by atoms with E-state index in [1.54, 1.807) is 11.8 Å². The third-order valence-electron chi connectivity index (χ3n) is 4.66. The van der Waals surface area contributed by atoms with Crippen LogP contribution in [-0.4, -0.2) is 54.0 Å². The Labute approximate surface area is 165 Å². The summed E-state index contributed by atoms with van der Waals surface area (Å²) in [4.78, 5) is 32.0. The highest BCUT2D eigenvalue weighted by Gasteiger charge is 2.36. The van der Waals surface area contributed by atoms with Crippen molar-refractivity contribution in [3.8, 4) is 0 Å². The molecule has 1 fully saturated rings. The van der Waals surface area contributed by atoms with E-state index >= 15 is 0 Å². The summed E-state index contributed by atoms with van der Waals surface area (Å²) in [6, 6.07) is 7.94. The lowest BCUT2D eigenvalue weighted by Crippen LogP contribution is -2.49. The van der Waals surface area contributed by atoms with Crippen LogP contribution in [-0.2, 0) is 19.2 Å². The molecule has 1 aromatic rings. The molecule has 0 bridgehead atoms. The molecular weight excluding hydrogens is 364 g/mol. The molecule has 0 aliphatic carbocycles. The Morgan fingerprint density at radius 1 is 1.15 bits per heavy atom. The summed E-state index contributed by atoms with van der Waals surface area (Å²) in [7, 11) is 0. The number of carbonyl (C=O) groups excluding carboxylic acids is 2. The van der Waals surface area contributed by atoms with Gasteiger partial charge in [0.2, 0.25) is 0 Å². The number of nitrogens with zero attached hydrogens (tertiary/aromatic N) is 2. The fourth-order valence-electron chi connectivity index (χ4n) is 3.07. The van der Waals surface area contributed by atoms with Crippen LogP contribution in [0.5, 0.6) is 0 Å². The van der Waals surface area contributed by atoms with Gasteiger partial charge in [-0.25, -0.2) is 9.59 Å². The van der Waals surface area contributed by atoms with Crippen molar-refractivity contribution in [2.45, 2.75) is 50.5 Å². The van der Waals surface area contributed by atoms with Crippen molar-refractivity contribution >= 4 is 29.4 Å². The van der Waals surface area contributed by atoms with Crippen molar-refractivity contribution in [3.63, 3.8) is 0 Å². The number of ether oxygens (including phenoxy) is 1. The van der Waals surface area contributed by atoms with Crippen LogP contribution in [0.2, 0.25) is 0 Å². The van der Waals surface area contributed by atoms with E-state index in [-0.39, 0.29) is 6.61 Å². The molecule has 6 nitrogen and oxygen atoms in total. The molecule has 0 N–H and O–H groups in total. The number of likely N-dealkylation sites (tertiary alicyclic amines) is 1. The summed E-state index contributed by atoms with van der Waals surface area (Å²) in [5, 5.41) is 4.11. The molecule has 1 saturated heterocycles. The van der Waals surface area contributed by atoms with Crippen molar-refractivity contribution in [3.05, 3.63) is 29.8 Å². The maximum atomic E-state index is 11.9. The minimum Gasteiger partial charge on any atom is -0.457 e. The quantitative estimate of drug-likeness (QED) is 0.177. The minimum atomic E-state index is -1.10. The summed E-state index contributed by atoms with van der Waals surface area (Å²) in [5.41, 5.74) is 1.04. The largest absolute Gasteiger partial charge is 0.457 e. The van der Waals surface area contributed by atoms with Gasteiger partial charge in [0.1, 0.15) is 5.71 Å². The first-order chi connectivity index (χ1) is 12.9. The second kappa shape index (κ2) is 9.90. The summed E-state index contributed by atoms with van der Waals surface area (Å²) >= 11 is 1.65. The maximum Gasteiger partial charge on any atom is 0.443 e. The molecule has 0 spiro atoms. The molecule has 0 unspecified atom stereocenters. The van der Waals surface area contributed by atoms with Gasteiger partial charge in [-0.05, 0) is 64.6 Å². The van der Waals surface area contributed by atoms with Gasteiger partial charge >= 0.3 is 11.9 Å². The molecule has 1 aromatic carbocycles.